The molecule has 2 rings (SSSR count). The Kier molecular flexibility index (Phi) is 4.42. The van der Waals surface area contributed by atoms with Crippen LogP contribution in [0.4, 0.5) is 4.39 Å². The van der Waals surface area contributed by atoms with Gasteiger partial charge in [-0.3, -0.25) is 0 Å². The second kappa shape index (κ2) is 6.07. The molecule has 0 spiro atoms. The molecule has 0 saturated carbocycles. The summed E-state index contributed by atoms with van der Waals surface area (Å²) in [5.74, 6) is -1.49. The molecule has 0 amide bonds. The summed E-state index contributed by atoms with van der Waals surface area (Å²) in [6, 6.07) is 4.29. The molecule has 4 nitrogen and oxygen atoms in total. The molecule has 0 radical (unpaired) electrons. The molecule has 0 aliphatic carbocycles. The molecular formula is C14H13ClFNO3. The van der Waals surface area contributed by atoms with Crippen LogP contribution in [0.2, 0.25) is 5.15 Å². The Labute approximate surface area is 120 Å². The fourth-order valence-corrected chi connectivity index (χ4v) is 2.38. The number of nitrogens with zero attached hydrogens (tertiary/aromatic N) is 1. The van der Waals surface area contributed by atoms with Crippen molar-refractivity contribution < 1.29 is 19.0 Å². The number of carboxylic acids is 1. The van der Waals surface area contributed by atoms with E-state index in [0.717, 1.165) is 11.6 Å². The number of hydrogen-bond donors (Lipinski definition) is 1. The summed E-state index contributed by atoms with van der Waals surface area (Å²) < 4.78 is 20.2. The number of aliphatic carboxylic acids is 1. The van der Waals surface area contributed by atoms with Gasteiger partial charge in [0.25, 0.3) is 0 Å². The molecule has 0 saturated heterocycles. The number of halogens is 2. The molecule has 0 unspecified atom stereocenters. The van der Waals surface area contributed by atoms with Crippen molar-refractivity contribution in [1.82, 2.24) is 4.57 Å². The van der Waals surface area contributed by atoms with Gasteiger partial charge in [0, 0.05) is 30.7 Å². The van der Waals surface area contributed by atoms with Crippen molar-refractivity contribution in [2.75, 3.05) is 13.7 Å². The number of benzene rings is 1. The third-order valence-corrected chi connectivity index (χ3v) is 3.32. The number of ether oxygens (including phenoxy) is 1. The molecule has 106 valence electrons. The molecule has 2 aromatic rings. The Bertz CT molecular complexity index is 679. The maximum atomic E-state index is 13.4. The van der Waals surface area contributed by atoms with Crippen molar-refractivity contribution in [3.05, 3.63) is 40.8 Å². The van der Waals surface area contributed by atoms with Crippen LogP contribution in [0.25, 0.3) is 17.0 Å². The van der Waals surface area contributed by atoms with Gasteiger partial charge < -0.3 is 14.4 Å². The van der Waals surface area contributed by atoms with Crippen molar-refractivity contribution in [3.63, 3.8) is 0 Å². The van der Waals surface area contributed by atoms with Gasteiger partial charge in [-0.1, -0.05) is 11.6 Å². The summed E-state index contributed by atoms with van der Waals surface area (Å²) in [4.78, 5) is 10.6. The summed E-state index contributed by atoms with van der Waals surface area (Å²) >= 11 is 6.26. The molecule has 0 aliphatic rings. The average molecular weight is 298 g/mol. The molecule has 0 fully saturated rings. The number of rotatable bonds is 5. The topological polar surface area (TPSA) is 51.5 Å². The number of fused-ring (bicyclic) bond motifs is 1. The SMILES string of the molecule is COCCn1c(Cl)c(/C=C/C(=O)O)c2cc(F)ccc21. The van der Waals surface area contributed by atoms with Crippen LogP contribution in [0.3, 0.4) is 0 Å². The highest BCUT2D eigenvalue weighted by Crippen LogP contribution is 2.31. The Hall–Kier alpha value is -1.85. The van der Waals surface area contributed by atoms with Crippen LogP contribution in [0, 0.1) is 5.82 Å². The minimum Gasteiger partial charge on any atom is -0.478 e. The Morgan fingerprint density at radius 3 is 2.95 bits per heavy atom. The summed E-state index contributed by atoms with van der Waals surface area (Å²) in [6.07, 6.45) is 2.35. The highest BCUT2D eigenvalue weighted by molar-refractivity contribution is 6.33. The quantitative estimate of drug-likeness (QED) is 0.862. The molecule has 1 aromatic heterocycles. The van der Waals surface area contributed by atoms with Gasteiger partial charge in [0.15, 0.2) is 0 Å². The monoisotopic (exact) mass is 297 g/mol. The number of hydrogen-bond acceptors (Lipinski definition) is 2. The Balaban J connectivity index is 2.62. The molecule has 0 bridgehead atoms. The lowest BCUT2D eigenvalue weighted by Crippen LogP contribution is -2.03. The van der Waals surface area contributed by atoms with Gasteiger partial charge in [-0.2, -0.15) is 0 Å². The molecule has 0 atom stereocenters. The van der Waals surface area contributed by atoms with Crippen LogP contribution in [0.15, 0.2) is 24.3 Å². The van der Waals surface area contributed by atoms with Gasteiger partial charge in [-0.25, -0.2) is 9.18 Å². The molecular weight excluding hydrogens is 285 g/mol. The van der Waals surface area contributed by atoms with Crippen molar-refractivity contribution >= 4 is 34.5 Å². The van der Waals surface area contributed by atoms with Crippen molar-refractivity contribution in [3.8, 4) is 0 Å². The Morgan fingerprint density at radius 1 is 1.55 bits per heavy atom. The first-order valence-electron chi connectivity index (χ1n) is 5.91. The molecule has 1 aromatic carbocycles. The first kappa shape index (κ1) is 14.6. The number of carboxylic acid groups (broad SMARTS) is 1. The zero-order chi connectivity index (χ0) is 14.7. The molecule has 0 aliphatic heterocycles. The first-order chi connectivity index (χ1) is 9.54. The van der Waals surface area contributed by atoms with E-state index in [1.807, 2.05) is 0 Å². The average Bonchev–Trinajstić information content (AvgIpc) is 2.65. The maximum Gasteiger partial charge on any atom is 0.328 e. The third-order valence-electron chi connectivity index (χ3n) is 2.91. The van der Waals surface area contributed by atoms with E-state index in [1.165, 1.54) is 18.2 Å². The van der Waals surface area contributed by atoms with Crippen molar-refractivity contribution in [2.45, 2.75) is 6.54 Å². The largest absolute Gasteiger partial charge is 0.478 e. The van der Waals surface area contributed by atoms with Crippen LogP contribution >= 0.6 is 11.6 Å². The maximum absolute atomic E-state index is 13.4. The van der Waals surface area contributed by atoms with Gasteiger partial charge in [-0.15, -0.1) is 0 Å². The van der Waals surface area contributed by atoms with Crippen molar-refractivity contribution in [1.29, 1.82) is 0 Å². The van der Waals surface area contributed by atoms with Gasteiger partial charge in [0.05, 0.1) is 12.1 Å². The number of methoxy groups -OCH3 is 1. The lowest BCUT2D eigenvalue weighted by Gasteiger charge is -2.05. The summed E-state index contributed by atoms with van der Waals surface area (Å²) in [5, 5.41) is 9.64. The predicted molar refractivity (Wildman–Crippen MR) is 75.5 cm³/mol. The second-order valence-corrected chi connectivity index (χ2v) is 4.54. The van der Waals surface area contributed by atoms with E-state index in [4.69, 9.17) is 21.4 Å². The third kappa shape index (κ3) is 2.84. The minimum absolute atomic E-state index is 0.361. The van der Waals surface area contributed by atoms with E-state index in [2.05, 4.69) is 0 Å². The van der Waals surface area contributed by atoms with Gasteiger partial charge in [0.2, 0.25) is 0 Å². The van der Waals surface area contributed by atoms with Crippen LogP contribution in [0.1, 0.15) is 5.56 Å². The standard InChI is InChI=1S/C14H13ClFNO3/c1-20-7-6-17-12-4-2-9(16)8-11(12)10(14(17)15)3-5-13(18)19/h2-5,8H,6-7H2,1H3,(H,18,19)/b5-3+. The fraction of sp³-hybridized carbons (Fsp3) is 0.214. The van der Waals surface area contributed by atoms with E-state index in [0.29, 0.717) is 29.3 Å². The van der Waals surface area contributed by atoms with Crippen LogP contribution in [0.5, 0.6) is 0 Å². The summed E-state index contributed by atoms with van der Waals surface area (Å²) in [7, 11) is 1.57. The second-order valence-electron chi connectivity index (χ2n) is 4.18. The summed E-state index contributed by atoms with van der Waals surface area (Å²) in [5.41, 5.74) is 1.22. The number of carbonyl (C=O) groups is 1. The van der Waals surface area contributed by atoms with E-state index in [9.17, 15) is 9.18 Å². The van der Waals surface area contributed by atoms with E-state index >= 15 is 0 Å². The number of aromatic nitrogens is 1. The van der Waals surface area contributed by atoms with Crippen LogP contribution < -0.4 is 0 Å². The molecule has 6 heteroatoms. The van der Waals surface area contributed by atoms with E-state index < -0.39 is 11.8 Å². The first-order valence-corrected chi connectivity index (χ1v) is 6.29. The van der Waals surface area contributed by atoms with Gasteiger partial charge >= 0.3 is 5.97 Å². The molecule has 20 heavy (non-hydrogen) atoms. The van der Waals surface area contributed by atoms with Crippen LogP contribution in [-0.4, -0.2) is 29.4 Å². The van der Waals surface area contributed by atoms with Crippen molar-refractivity contribution in [2.24, 2.45) is 0 Å². The smallest absolute Gasteiger partial charge is 0.328 e. The predicted octanol–water partition coefficient (Wildman–Crippen LogP) is 3.18. The highest BCUT2D eigenvalue weighted by atomic mass is 35.5. The zero-order valence-electron chi connectivity index (χ0n) is 10.8. The van der Waals surface area contributed by atoms with E-state index in [-0.39, 0.29) is 0 Å². The highest BCUT2D eigenvalue weighted by Gasteiger charge is 2.14. The molecule has 1 heterocycles. The molecule has 1 N–H and O–H groups in total. The van der Waals surface area contributed by atoms with Gasteiger partial charge in [0.1, 0.15) is 11.0 Å². The lowest BCUT2D eigenvalue weighted by molar-refractivity contribution is -0.131. The normalized spacial score (nSPS) is 11.6. The Morgan fingerprint density at radius 2 is 2.30 bits per heavy atom. The minimum atomic E-state index is -1.09. The van der Waals surface area contributed by atoms with E-state index in [1.54, 1.807) is 17.7 Å². The van der Waals surface area contributed by atoms with Gasteiger partial charge in [-0.05, 0) is 24.3 Å². The zero-order valence-corrected chi connectivity index (χ0v) is 11.5. The van der Waals surface area contributed by atoms with Crippen LogP contribution in [-0.2, 0) is 16.1 Å². The lowest BCUT2D eigenvalue weighted by atomic mass is 10.1. The summed E-state index contributed by atoms with van der Waals surface area (Å²) in [6.45, 7) is 0.946. The fourth-order valence-electron chi connectivity index (χ4n) is 2.04.